The number of carbonyl (C=O) groups excluding carboxylic acids is 1. The maximum Gasteiger partial charge on any atom is 0.315 e. The van der Waals surface area contributed by atoms with E-state index in [9.17, 15) is 9.18 Å². The molecule has 0 bridgehead atoms. The summed E-state index contributed by atoms with van der Waals surface area (Å²) in [7, 11) is 1.80. The summed E-state index contributed by atoms with van der Waals surface area (Å²) in [6, 6.07) is 9.23. The summed E-state index contributed by atoms with van der Waals surface area (Å²) in [4.78, 5) is 16.6. The molecule has 0 radical (unpaired) electrons. The van der Waals surface area contributed by atoms with Crippen molar-refractivity contribution in [2.45, 2.75) is 6.61 Å². The van der Waals surface area contributed by atoms with Gasteiger partial charge in [0.1, 0.15) is 12.4 Å². The lowest BCUT2D eigenvalue weighted by Crippen LogP contribution is -2.12. The molecule has 1 amide bonds. The highest BCUT2D eigenvalue weighted by atomic mass is 32.1. The molecule has 23 heavy (non-hydrogen) atoms. The van der Waals surface area contributed by atoms with Crippen LogP contribution in [-0.4, -0.2) is 10.5 Å². The van der Waals surface area contributed by atoms with E-state index in [0.29, 0.717) is 10.6 Å². The van der Waals surface area contributed by atoms with Gasteiger partial charge in [0.25, 0.3) is 0 Å². The minimum atomic E-state index is -0.472. The van der Waals surface area contributed by atoms with Crippen LogP contribution >= 0.6 is 11.3 Å². The minimum absolute atomic E-state index is 0.0288. The lowest BCUT2D eigenvalue weighted by Gasteiger charge is -2.04. The highest BCUT2D eigenvalue weighted by molar-refractivity contribution is 7.07. The highest BCUT2D eigenvalue weighted by Crippen LogP contribution is 2.18. The summed E-state index contributed by atoms with van der Waals surface area (Å²) in [5.41, 5.74) is 0. The van der Waals surface area contributed by atoms with Crippen LogP contribution in [0.2, 0.25) is 0 Å². The van der Waals surface area contributed by atoms with Crippen LogP contribution in [0.4, 0.5) is 4.39 Å². The Morgan fingerprint density at radius 1 is 1.35 bits per heavy atom. The Hall–Kier alpha value is -2.67. The Bertz CT molecular complexity index is 894. The number of benzene rings is 1. The molecule has 3 aromatic rings. The summed E-state index contributed by atoms with van der Waals surface area (Å²) in [6.07, 6.45) is 1.81. The molecule has 2 aromatic heterocycles. The first kappa shape index (κ1) is 15.2. The van der Waals surface area contributed by atoms with Crippen molar-refractivity contribution in [3.63, 3.8) is 0 Å². The first-order valence-electron chi connectivity index (χ1n) is 6.79. The van der Waals surface area contributed by atoms with Crippen LogP contribution in [0.5, 0.6) is 5.75 Å². The maximum absolute atomic E-state index is 13.4. The number of para-hydroxylation sites is 1. The first-order chi connectivity index (χ1) is 11.1. The lowest BCUT2D eigenvalue weighted by atomic mass is 10.3. The predicted molar refractivity (Wildman–Crippen MR) is 82.6 cm³/mol. The third-order valence-corrected chi connectivity index (χ3v) is 3.88. The Balaban J connectivity index is 1.70. The smallest absolute Gasteiger partial charge is 0.315 e. The van der Waals surface area contributed by atoms with Crippen LogP contribution in [0.1, 0.15) is 16.3 Å². The molecule has 2 heterocycles. The van der Waals surface area contributed by atoms with Crippen molar-refractivity contribution < 1.29 is 18.3 Å². The van der Waals surface area contributed by atoms with E-state index >= 15 is 0 Å². The highest BCUT2D eigenvalue weighted by Gasteiger charge is 2.11. The fraction of sp³-hybridized carbons (Fsp3) is 0.125. The predicted octanol–water partition coefficient (Wildman–Crippen LogP) is 3.14. The molecule has 0 saturated heterocycles. The molecule has 0 saturated carbocycles. The maximum atomic E-state index is 13.4. The van der Waals surface area contributed by atoms with E-state index in [4.69, 9.17) is 9.15 Å². The minimum Gasteiger partial charge on any atom is -0.483 e. The van der Waals surface area contributed by atoms with Gasteiger partial charge in [-0.1, -0.05) is 12.1 Å². The molecule has 0 N–H and O–H groups in total. The van der Waals surface area contributed by atoms with Crippen molar-refractivity contribution in [1.82, 2.24) is 4.57 Å². The molecule has 7 heteroatoms. The van der Waals surface area contributed by atoms with Gasteiger partial charge in [-0.05, 0) is 24.3 Å². The topological polar surface area (TPSA) is 56.7 Å². The van der Waals surface area contributed by atoms with Gasteiger partial charge in [-0.2, -0.15) is 4.99 Å². The van der Waals surface area contributed by atoms with Crippen molar-refractivity contribution in [3.05, 3.63) is 70.1 Å². The van der Waals surface area contributed by atoms with Crippen LogP contribution in [0.15, 0.2) is 57.4 Å². The zero-order chi connectivity index (χ0) is 16.2. The number of hydrogen-bond donors (Lipinski definition) is 0. The number of rotatable bonds is 4. The molecule has 0 unspecified atom stereocenters. The molecule has 0 spiro atoms. The van der Waals surface area contributed by atoms with Gasteiger partial charge in [-0.25, -0.2) is 4.39 Å². The van der Waals surface area contributed by atoms with Gasteiger partial charge in [0.15, 0.2) is 22.1 Å². The number of nitrogens with zero attached hydrogens (tertiary/aromatic N) is 2. The van der Waals surface area contributed by atoms with E-state index in [1.165, 1.54) is 29.5 Å². The summed E-state index contributed by atoms with van der Waals surface area (Å²) in [6.45, 7) is 0.0288. The standard InChI is InChI=1S/C16H13FN2O3S/c1-19-8-9-23-16(19)18-15(20)14-7-6-11(22-14)10-21-13-5-3-2-4-12(13)17/h2-9H,10H2,1H3. The molecular formula is C16H13FN2O3S. The van der Waals surface area contributed by atoms with E-state index in [1.807, 2.05) is 11.6 Å². The summed E-state index contributed by atoms with van der Waals surface area (Å²) in [5.74, 6) is -0.254. The average Bonchev–Trinajstić information content (AvgIpc) is 3.16. The van der Waals surface area contributed by atoms with Crippen LogP contribution in [0.3, 0.4) is 0 Å². The molecule has 0 atom stereocenters. The fourth-order valence-electron chi connectivity index (χ4n) is 1.86. The second-order valence-electron chi connectivity index (χ2n) is 4.70. The normalized spacial score (nSPS) is 11.7. The van der Waals surface area contributed by atoms with Crippen LogP contribution in [0.25, 0.3) is 0 Å². The summed E-state index contributed by atoms with van der Waals surface area (Å²) in [5, 5.41) is 1.84. The Labute approximate surface area is 135 Å². The molecule has 0 aliphatic rings. The molecule has 0 aliphatic heterocycles. The van der Waals surface area contributed by atoms with Crippen LogP contribution < -0.4 is 9.54 Å². The van der Waals surface area contributed by atoms with Crippen molar-refractivity contribution in [3.8, 4) is 5.75 Å². The van der Waals surface area contributed by atoms with Gasteiger partial charge in [0, 0.05) is 18.6 Å². The van der Waals surface area contributed by atoms with Gasteiger partial charge >= 0.3 is 5.91 Å². The fourth-order valence-corrected chi connectivity index (χ4v) is 2.59. The van der Waals surface area contributed by atoms with Crippen molar-refractivity contribution in [2.24, 2.45) is 12.0 Å². The van der Waals surface area contributed by atoms with Gasteiger partial charge in [-0.15, -0.1) is 11.3 Å². The van der Waals surface area contributed by atoms with Gasteiger partial charge < -0.3 is 13.7 Å². The van der Waals surface area contributed by atoms with Gasteiger partial charge in [-0.3, -0.25) is 4.79 Å². The lowest BCUT2D eigenvalue weighted by molar-refractivity contribution is 0.0967. The van der Waals surface area contributed by atoms with Crippen LogP contribution in [-0.2, 0) is 13.7 Å². The number of hydrogen-bond acceptors (Lipinski definition) is 4. The van der Waals surface area contributed by atoms with Crippen LogP contribution in [0, 0.1) is 5.82 Å². The Morgan fingerprint density at radius 2 is 2.17 bits per heavy atom. The number of carbonyl (C=O) groups is 1. The number of furan rings is 1. The van der Waals surface area contributed by atoms with Crippen molar-refractivity contribution >= 4 is 17.2 Å². The van der Waals surface area contributed by atoms with E-state index in [1.54, 1.807) is 29.8 Å². The van der Waals surface area contributed by atoms with E-state index in [-0.39, 0.29) is 18.1 Å². The molecule has 1 aromatic carbocycles. The van der Waals surface area contributed by atoms with E-state index in [0.717, 1.165) is 0 Å². The SMILES string of the molecule is Cn1ccsc1=NC(=O)c1ccc(COc2ccccc2F)o1. The van der Waals surface area contributed by atoms with E-state index < -0.39 is 11.7 Å². The molecule has 0 aliphatic carbocycles. The number of aromatic nitrogens is 1. The number of amides is 1. The van der Waals surface area contributed by atoms with Crippen molar-refractivity contribution in [2.75, 3.05) is 0 Å². The molecule has 0 fully saturated rings. The third-order valence-electron chi connectivity index (χ3n) is 3.04. The average molecular weight is 332 g/mol. The molecule has 5 nitrogen and oxygen atoms in total. The zero-order valence-electron chi connectivity index (χ0n) is 12.2. The largest absolute Gasteiger partial charge is 0.483 e. The van der Waals surface area contributed by atoms with Crippen molar-refractivity contribution in [1.29, 1.82) is 0 Å². The number of aryl methyl sites for hydroxylation is 1. The molecular weight excluding hydrogens is 319 g/mol. The quantitative estimate of drug-likeness (QED) is 0.737. The summed E-state index contributed by atoms with van der Waals surface area (Å²) < 4.78 is 25.9. The number of thiazole rings is 1. The van der Waals surface area contributed by atoms with Gasteiger partial charge in [0.2, 0.25) is 0 Å². The summed E-state index contributed by atoms with van der Waals surface area (Å²) >= 11 is 1.36. The Morgan fingerprint density at radius 3 is 2.91 bits per heavy atom. The zero-order valence-corrected chi connectivity index (χ0v) is 13.0. The first-order valence-corrected chi connectivity index (χ1v) is 7.66. The van der Waals surface area contributed by atoms with E-state index in [2.05, 4.69) is 4.99 Å². The third kappa shape index (κ3) is 3.57. The second-order valence-corrected chi connectivity index (χ2v) is 5.57. The Kier molecular flexibility index (Phi) is 4.38. The number of halogens is 1. The second kappa shape index (κ2) is 6.62. The van der Waals surface area contributed by atoms with Gasteiger partial charge in [0.05, 0.1) is 0 Å². The molecule has 118 valence electrons. The molecule has 3 rings (SSSR count). The number of ether oxygens (including phenoxy) is 1. The monoisotopic (exact) mass is 332 g/mol.